The molecule has 0 radical (unpaired) electrons. The van der Waals surface area contributed by atoms with E-state index in [2.05, 4.69) is 36.2 Å². The monoisotopic (exact) mass is 292 g/mol. The Bertz CT molecular complexity index is 472. The zero-order chi connectivity index (χ0) is 14.1. The van der Waals surface area contributed by atoms with Gasteiger partial charge < -0.3 is 10.2 Å². The molecule has 1 saturated carbocycles. The van der Waals surface area contributed by atoms with E-state index < -0.39 is 0 Å². The Morgan fingerprint density at radius 2 is 2.20 bits per heavy atom. The second-order valence-electron chi connectivity index (χ2n) is 6.78. The minimum Gasteiger partial charge on any atom is -0.368 e. The summed E-state index contributed by atoms with van der Waals surface area (Å²) >= 11 is 6.20. The van der Waals surface area contributed by atoms with Crippen LogP contribution < -0.4 is 10.2 Å². The summed E-state index contributed by atoms with van der Waals surface area (Å²) in [6, 6.07) is 7.16. The van der Waals surface area contributed by atoms with Gasteiger partial charge in [0.15, 0.2) is 0 Å². The first-order chi connectivity index (χ1) is 9.63. The quantitative estimate of drug-likeness (QED) is 0.880. The van der Waals surface area contributed by atoms with Gasteiger partial charge in [-0.05, 0) is 61.4 Å². The van der Waals surface area contributed by atoms with Crippen molar-refractivity contribution in [3.05, 3.63) is 28.8 Å². The number of rotatable bonds is 5. The number of piperidine rings is 1. The molecule has 1 aliphatic carbocycles. The lowest BCUT2D eigenvalue weighted by Gasteiger charge is -2.31. The first-order valence-electron chi connectivity index (χ1n) is 7.89. The third-order valence-corrected chi connectivity index (χ3v) is 4.86. The van der Waals surface area contributed by atoms with Crippen molar-refractivity contribution in [2.75, 3.05) is 18.0 Å². The molecule has 110 valence electrons. The molecule has 2 fully saturated rings. The van der Waals surface area contributed by atoms with Crippen LogP contribution in [0.1, 0.15) is 38.7 Å². The standard InChI is InChI=1S/C17H25ClN2/c1-12(2)9-19-10-14-8-15(18)4-6-17(14)20-11-13-3-5-16(20)7-13/h4,6,8,12-13,16,19H,3,5,7,9-11H2,1-2H3. The second kappa shape index (κ2) is 5.95. The van der Waals surface area contributed by atoms with Crippen LogP contribution in [0.3, 0.4) is 0 Å². The number of fused-ring (bicyclic) bond motifs is 2. The number of halogens is 1. The van der Waals surface area contributed by atoms with E-state index in [1.165, 1.54) is 37.1 Å². The predicted octanol–water partition coefficient (Wildman–Crippen LogP) is 4.07. The van der Waals surface area contributed by atoms with Crippen LogP contribution in [0, 0.1) is 11.8 Å². The van der Waals surface area contributed by atoms with Crippen molar-refractivity contribution in [3.8, 4) is 0 Å². The lowest BCUT2D eigenvalue weighted by atomic mass is 10.1. The summed E-state index contributed by atoms with van der Waals surface area (Å²) in [5.41, 5.74) is 2.75. The maximum absolute atomic E-state index is 6.20. The molecule has 1 heterocycles. The average molecular weight is 293 g/mol. The highest BCUT2D eigenvalue weighted by atomic mass is 35.5. The lowest BCUT2D eigenvalue weighted by Crippen LogP contribution is -2.33. The first kappa shape index (κ1) is 14.2. The normalized spacial score (nSPS) is 24.9. The maximum Gasteiger partial charge on any atom is 0.0415 e. The molecule has 0 amide bonds. The highest BCUT2D eigenvalue weighted by Gasteiger charge is 2.38. The largest absolute Gasteiger partial charge is 0.368 e. The van der Waals surface area contributed by atoms with E-state index in [9.17, 15) is 0 Å². The molecular weight excluding hydrogens is 268 g/mol. The van der Waals surface area contributed by atoms with Gasteiger partial charge in [-0.3, -0.25) is 0 Å². The molecule has 1 N–H and O–H groups in total. The van der Waals surface area contributed by atoms with Gasteiger partial charge in [-0.15, -0.1) is 0 Å². The van der Waals surface area contributed by atoms with Gasteiger partial charge in [0.25, 0.3) is 0 Å². The van der Waals surface area contributed by atoms with Crippen LogP contribution in [-0.4, -0.2) is 19.1 Å². The number of hydrogen-bond donors (Lipinski definition) is 1. The van der Waals surface area contributed by atoms with Crippen molar-refractivity contribution in [3.63, 3.8) is 0 Å². The molecule has 20 heavy (non-hydrogen) atoms. The molecule has 3 heteroatoms. The molecule has 3 rings (SSSR count). The summed E-state index contributed by atoms with van der Waals surface area (Å²) in [6.45, 7) is 7.69. The molecular formula is C17H25ClN2. The van der Waals surface area contributed by atoms with E-state index in [0.717, 1.165) is 30.1 Å². The summed E-state index contributed by atoms with van der Waals surface area (Å²) in [5.74, 6) is 1.60. The predicted molar refractivity (Wildman–Crippen MR) is 86.5 cm³/mol. The van der Waals surface area contributed by atoms with Crippen LogP contribution in [0.5, 0.6) is 0 Å². The van der Waals surface area contributed by atoms with Crippen molar-refractivity contribution >= 4 is 17.3 Å². The fraction of sp³-hybridized carbons (Fsp3) is 0.647. The number of anilines is 1. The van der Waals surface area contributed by atoms with E-state index in [-0.39, 0.29) is 0 Å². The third kappa shape index (κ3) is 2.96. The molecule has 2 unspecified atom stereocenters. The summed E-state index contributed by atoms with van der Waals surface area (Å²) in [5, 5.41) is 4.40. The van der Waals surface area contributed by atoms with Crippen molar-refractivity contribution in [1.29, 1.82) is 0 Å². The Morgan fingerprint density at radius 1 is 1.35 bits per heavy atom. The fourth-order valence-electron chi connectivity index (χ4n) is 3.69. The van der Waals surface area contributed by atoms with Crippen molar-refractivity contribution < 1.29 is 0 Å². The molecule has 1 aromatic rings. The van der Waals surface area contributed by atoms with Crippen LogP contribution in [0.25, 0.3) is 0 Å². The molecule has 2 bridgehead atoms. The summed E-state index contributed by atoms with van der Waals surface area (Å²) in [6.07, 6.45) is 4.18. The molecule has 0 spiro atoms. The summed E-state index contributed by atoms with van der Waals surface area (Å²) < 4.78 is 0. The van der Waals surface area contributed by atoms with Gasteiger partial charge in [0.05, 0.1) is 0 Å². The molecule has 0 aromatic heterocycles. The van der Waals surface area contributed by atoms with Crippen LogP contribution in [-0.2, 0) is 6.54 Å². The highest BCUT2D eigenvalue weighted by Crippen LogP contribution is 2.41. The first-order valence-corrected chi connectivity index (χ1v) is 8.27. The Hall–Kier alpha value is -0.730. The van der Waals surface area contributed by atoms with E-state index in [0.29, 0.717) is 5.92 Å². The average Bonchev–Trinajstić information content (AvgIpc) is 3.01. The minimum atomic E-state index is 0.681. The Labute approximate surface area is 127 Å². The van der Waals surface area contributed by atoms with Gasteiger partial charge in [-0.25, -0.2) is 0 Å². The van der Waals surface area contributed by atoms with Crippen LogP contribution in [0.4, 0.5) is 5.69 Å². The number of hydrogen-bond acceptors (Lipinski definition) is 2. The topological polar surface area (TPSA) is 15.3 Å². The highest BCUT2D eigenvalue weighted by molar-refractivity contribution is 6.30. The third-order valence-electron chi connectivity index (χ3n) is 4.63. The molecule has 2 nitrogen and oxygen atoms in total. The van der Waals surface area contributed by atoms with Crippen molar-refractivity contribution in [2.45, 2.75) is 45.7 Å². The molecule has 2 aliphatic rings. The van der Waals surface area contributed by atoms with Gasteiger partial charge in [-0.2, -0.15) is 0 Å². The number of nitrogens with zero attached hydrogens (tertiary/aromatic N) is 1. The van der Waals surface area contributed by atoms with Gasteiger partial charge in [0.1, 0.15) is 0 Å². The smallest absolute Gasteiger partial charge is 0.0415 e. The fourth-order valence-corrected chi connectivity index (χ4v) is 3.89. The van der Waals surface area contributed by atoms with E-state index in [1.54, 1.807) is 0 Å². The van der Waals surface area contributed by atoms with E-state index in [1.807, 2.05) is 6.07 Å². The summed E-state index contributed by atoms with van der Waals surface area (Å²) in [4.78, 5) is 2.62. The number of nitrogens with one attached hydrogen (secondary N) is 1. The van der Waals surface area contributed by atoms with Gasteiger partial charge in [0.2, 0.25) is 0 Å². The molecule has 1 aromatic carbocycles. The van der Waals surface area contributed by atoms with Crippen molar-refractivity contribution in [2.24, 2.45) is 11.8 Å². The molecule has 1 saturated heterocycles. The van der Waals surface area contributed by atoms with Crippen LogP contribution >= 0.6 is 11.6 Å². The van der Waals surface area contributed by atoms with Crippen molar-refractivity contribution in [1.82, 2.24) is 5.32 Å². The zero-order valence-corrected chi connectivity index (χ0v) is 13.3. The van der Waals surface area contributed by atoms with Gasteiger partial charge >= 0.3 is 0 Å². The Kier molecular flexibility index (Phi) is 4.23. The Balaban J connectivity index is 1.76. The molecule has 2 atom stereocenters. The summed E-state index contributed by atoms with van der Waals surface area (Å²) in [7, 11) is 0. The second-order valence-corrected chi connectivity index (χ2v) is 7.22. The van der Waals surface area contributed by atoms with Crippen LogP contribution in [0.2, 0.25) is 5.02 Å². The SMILES string of the molecule is CC(C)CNCc1cc(Cl)ccc1N1CC2CCC1C2. The lowest BCUT2D eigenvalue weighted by molar-refractivity contribution is 0.542. The van der Waals surface area contributed by atoms with E-state index >= 15 is 0 Å². The number of benzene rings is 1. The van der Waals surface area contributed by atoms with Gasteiger partial charge in [0, 0.05) is 29.8 Å². The van der Waals surface area contributed by atoms with Crippen LogP contribution in [0.15, 0.2) is 18.2 Å². The maximum atomic E-state index is 6.20. The van der Waals surface area contributed by atoms with Gasteiger partial charge in [-0.1, -0.05) is 25.4 Å². The minimum absolute atomic E-state index is 0.681. The molecule has 1 aliphatic heterocycles. The van der Waals surface area contributed by atoms with E-state index in [4.69, 9.17) is 11.6 Å². The Morgan fingerprint density at radius 3 is 2.85 bits per heavy atom. The zero-order valence-electron chi connectivity index (χ0n) is 12.5.